The fraction of sp³-hybridized carbons (Fsp3) is 0.211. The molecule has 16 rings (SSSR count). The number of rotatable bonds is 5. The van der Waals surface area contributed by atoms with Gasteiger partial charge in [0.1, 0.15) is 11.5 Å². The van der Waals surface area contributed by atoms with Crippen molar-refractivity contribution in [2.24, 2.45) is 0 Å². The molecule has 82 heavy (non-hydrogen) atoms. The summed E-state index contributed by atoms with van der Waals surface area (Å²) < 4.78 is 7.23. The van der Waals surface area contributed by atoms with Crippen LogP contribution < -0.4 is 52.2 Å². The van der Waals surface area contributed by atoms with Crippen LogP contribution in [-0.4, -0.2) is 13.4 Å². The van der Waals surface area contributed by atoms with Crippen LogP contribution in [0.2, 0.25) is 0 Å². The second-order valence-corrected chi connectivity index (χ2v) is 26.9. The molecule has 0 atom stereocenters. The van der Waals surface area contributed by atoms with Gasteiger partial charge < -0.3 is 19.4 Å². The van der Waals surface area contributed by atoms with Crippen LogP contribution in [0.1, 0.15) is 103 Å². The third kappa shape index (κ3) is 7.25. The van der Waals surface area contributed by atoms with Crippen LogP contribution in [0.25, 0.3) is 22.3 Å². The first-order chi connectivity index (χ1) is 39.6. The summed E-state index contributed by atoms with van der Waals surface area (Å²) in [6, 6.07) is 81.0. The van der Waals surface area contributed by atoms with E-state index in [1.54, 1.807) is 0 Å². The van der Waals surface area contributed by atoms with Gasteiger partial charge in [0.25, 0.3) is 13.4 Å². The Morgan fingerprint density at radius 2 is 0.695 bits per heavy atom. The van der Waals surface area contributed by atoms with E-state index in [0.717, 1.165) is 52.7 Å². The molecule has 4 aliphatic heterocycles. The fourth-order valence-electron chi connectivity index (χ4n) is 15.6. The highest BCUT2D eigenvalue weighted by Crippen LogP contribution is 2.53. The minimum atomic E-state index is -0.0983. The second kappa shape index (κ2) is 17.5. The summed E-state index contributed by atoms with van der Waals surface area (Å²) in [4.78, 5) is 7.70. The van der Waals surface area contributed by atoms with Gasteiger partial charge in [-0.25, -0.2) is 0 Å². The van der Waals surface area contributed by atoms with Crippen LogP contribution >= 0.6 is 0 Å². The van der Waals surface area contributed by atoms with Crippen molar-refractivity contribution < 1.29 is 4.74 Å². The topological polar surface area (TPSA) is 19.0 Å². The van der Waals surface area contributed by atoms with E-state index in [0.29, 0.717) is 0 Å². The van der Waals surface area contributed by atoms with Gasteiger partial charge in [0.2, 0.25) is 0 Å². The van der Waals surface area contributed by atoms with Crippen LogP contribution in [0.4, 0.5) is 51.2 Å². The Balaban J connectivity index is 0.987. The van der Waals surface area contributed by atoms with Gasteiger partial charge in [-0.15, -0.1) is 0 Å². The maximum atomic E-state index is 7.23. The third-order valence-electron chi connectivity index (χ3n) is 20.2. The van der Waals surface area contributed by atoms with E-state index in [-0.39, 0.29) is 35.1 Å². The largest absolute Gasteiger partial charge is 0.458 e. The van der Waals surface area contributed by atoms with E-state index in [1.807, 2.05) is 0 Å². The van der Waals surface area contributed by atoms with Gasteiger partial charge >= 0.3 is 0 Å². The molecule has 10 aromatic rings. The van der Waals surface area contributed by atoms with Crippen molar-refractivity contribution in [2.45, 2.75) is 103 Å². The van der Waals surface area contributed by atoms with Gasteiger partial charge in [-0.2, -0.15) is 0 Å². The summed E-state index contributed by atoms with van der Waals surface area (Å²) in [6.45, 7) is 19.3. The SMILES string of the molecule is CC1(C)CCC(C)(C)c2cc(-c3cc4c5c(c3)N(c3ccccc3)c3cc6c(cc3B5c3ccccc3O4)B3c4ccccc4N(c4ccccc4)c4cc(-c5ccc7c(c5)C(C)(C)CCC7(C)C)cc(c43)N6c3ccccc3)ccc21. The molecule has 0 aromatic heterocycles. The summed E-state index contributed by atoms with van der Waals surface area (Å²) >= 11 is 0. The first-order valence-electron chi connectivity index (χ1n) is 29.9. The van der Waals surface area contributed by atoms with Gasteiger partial charge in [-0.3, -0.25) is 0 Å². The normalized spacial score (nSPS) is 17.4. The number of anilines is 9. The van der Waals surface area contributed by atoms with E-state index in [9.17, 15) is 0 Å². The average Bonchev–Trinajstić information content (AvgIpc) is 1.32. The van der Waals surface area contributed by atoms with Crippen LogP contribution in [-0.2, 0) is 21.7 Å². The van der Waals surface area contributed by atoms with Crippen molar-refractivity contribution in [3.8, 4) is 33.8 Å². The maximum Gasteiger partial charge on any atom is 0.256 e. The van der Waals surface area contributed by atoms with E-state index in [2.05, 4.69) is 282 Å². The predicted octanol–water partition coefficient (Wildman–Crippen LogP) is 16.2. The highest BCUT2D eigenvalue weighted by molar-refractivity contribution is 7.02. The second-order valence-electron chi connectivity index (χ2n) is 26.9. The molecule has 6 heteroatoms. The fourth-order valence-corrected chi connectivity index (χ4v) is 15.6. The number of para-hydroxylation sites is 5. The molecule has 0 saturated heterocycles. The number of hydrogen-bond donors (Lipinski definition) is 0. The molecular weight excluding hydrogens is 992 g/mol. The lowest BCUT2D eigenvalue weighted by molar-refractivity contribution is 0.332. The van der Waals surface area contributed by atoms with E-state index in [1.165, 1.54) is 113 Å². The standard InChI is InChI=1S/C76H67B2N3O/c1-73(2)36-38-75(5,6)57-40-48(32-34-55(57)73)50-42-66-71-67(43-50)80(53-24-14-10-15-25-53)64-47-65-62(46-61(64)77(71)59-28-18-20-30-63(59)79(66)52-22-12-9-13-23-52)78-60-29-19-21-31-69(60)82-70-45-51(44-68(72(70)78)81(65)54-26-16-11-17-27-54)49-33-35-56-58(41-49)76(7,8)39-37-74(56,3)4/h9-35,40-47H,36-39H2,1-8H3. The summed E-state index contributed by atoms with van der Waals surface area (Å²) in [6.07, 6.45) is 4.68. The summed E-state index contributed by atoms with van der Waals surface area (Å²) in [5.41, 5.74) is 29.1. The molecule has 398 valence electrons. The minimum Gasteiger partial charge on any atom is -0.458 e. The monoisotopic (exact) mass is 1060 g/mol. The van der Waals surface area contributed by atoms with Crippen molar-refractivity contribution in [1.82, 2.24) is 0 Å². The zero-order valence-corrected chi connectivity index (χ0v) is 48.4. The number of fused-ring (bicyclic) bond motifs is 10. The third-order valence-corrected chi connectivity index (χ3v) is 20.2. The maximum absolute atomic E-state index is 7.23. The van der Waals surface area contributed by atoms with E-state index >= 15 is 0 Å². The summed E-state index contributed by atoms with van der Waals surface area (Å²) in [7, 11) is 0. The molecule has 0 unspecified atom stereocenters. The number of hydrogen-bond acceptors (Lipinski definition) is 4. The van der Waals surface area contributed by atoms with Crippen LogP contribution in [0.5, 0.6) is 11.5 Å². The summed E-state index contributed by atoms with van der Waals surface area (Å²) in [5, 5.41) is 0. The quantitative estimate of drug-likeness (QED) is 0.160. The Morgan fingerprint density at radius 1 is 0.293 bits per heavy atom. The Morgan fingerprint density at radius 3 is 1.21 bits per heavy atom. The first-order valence-corrected chi connectivity index (χ1v) is 29.9. The highest BCUT2D eigenvalue weighted by Gasteiger charge is 2.49. The van der Waals surface area contributed by atoms with Crippen LogP contribution in [0, 0.1) is 0 Å². The zero-order valence-electron chi connectivity index (χ0n) is 48.4. The van der Waals surface area contributed by atoms with E-state index < -0.39 is 0 Å². The van der Waals surface area contributed by atoms with Gasteiger partial charge in [-0.05, 0) is 203 Å². The van der Waals surface area contributed by atoms with Gasteiger partial charge in [0.15, 0.2) is 0 Å². The lowest BCUT2D eigenvalue weighted by Crippen LogP contribution is -2.64. The molecular formula is C76H67B2N3O. The molecule has 0 radical (unpaired) electrons. The number of nitrogens with zero attached hydrogens (tertiary/aromatic N) is 3. The highest BCUT2D eigenvalue weighted by atomic mass is 16.5. The van der Waals surface area contributed by atoms with Crippen molar-refractivity contribution in [3.63, 3.8) is 0 Å². The van der Waals surface area contributed by atoms with Crippen LogP contribution in [0.15, 0.2) is 212 Å². The van der Waals surface area contributed by atoms with Gasteiger partial charge in [0.05, 0.1) is 0 Å². The Hall–Kier alpha value is -8.47. The van der Waals surface area contributed by atoms with Crippen molar-refractivity contribution >= 4 is 97.4 Å². The average molecular weight is 1060 g/mol. The molecule has 6 aliphatic rings. The smallest absolute Gasteiger partial charge is 0.256 e. The predicted molar refractivity (Wildman–Crippen MR) is 348 cm³/mol. The zero-order chi connectivity index (χ0) is 55.6. The molecule has 0 fully saturated rings. The summed E-state index contributed by atoms with van der Waals surface area (Å²) in [5.74, 6) is 1.83. The molecule has 0 bridgehead atoms. The molecule has 0 N–H and O–H groups in total. The molecule has 0 spiro atoms. The Bertz CT molecular complexity index is 4300. The lowest BCUT2D eigenvalue weighted by atomic mass is 9.30. The lowest BCUT2D eigenvalue weighted by Gasteiger charge is -2.46. The Kier molecular flexibility index (Phi) is 10.5. The molecule has 10 aromatic carbocycles. The molecule has 0 saturated carbocycles. The van der Waals surface area contributed by atoms with Crippen molar-refractivity contribution in [2.75, 3.05) is 14.7 Å². The Labute approximate surface area is 485 Å². The van der Waals surface area contributed by atoms with Crippen LogP contribution in [0.3, 0.4) is 0 Å². The van der Waals surface area contributed by atoms with Crippen molar-refractivity contribution in [1.29, 1.82) is 0 Å². The number of benzene rings is 10. The minimum absolute atomic E-state index is 0.0575. The van der Waals surface area contributed by atoms with Gasteiger partial charge in [-0.1, -0.05) is 189 Å². The molecule has 0 amide bonds. The first kappa shape index (κ1) is 49.4. The number of ether oxygens (including phenoxy) is 1. The molecule has 4 heterocycles. The van der Waals surface area contributed by atoms with Gasteiger partial charge in [0, 0.05) is 51.2 Å². The molecule has 2 aliphatic carbocycles. The van der Waals surface area contributed by atoms with Crippen molar-refractivity contribution in [3.05, 3.63) is 235 Å². The molecule has 4 nitrogen and oxygen atoms in total. The van der Waals surface area contributed by atoms with E-state index in [4.69, 9.17) is 4.74 Å².